The molecule has 7 heteroatoms. The van der Waals surface area contributed by atoms with Crippen LogP contribution in [0.1, 0.15) is 56.2 Å². The second kappa shape index (κ2) is 8.65. The van der Waals surface area contributed by atoms with Crippen molar-refractivity contribution in [2.75, 3.05) is 10.6 Å². The van der Waals surface area contributed by atoms with Gasteiger partial charge in [-0.3, -0.25) is 5.32 Å². The Bertz CT molecular complexity index is 907. The summed E-state index contributed by atoms with van der Waals surface area (Å²) in [6, 6.07) is 15.6. The van der Waals surface area contributed by atoms with E-state index in [9.17, 15) is 4.79 Å². The Morgan fingerprint density at radius 1 is 0.929 bits per heavy atom. The van der Waals surface area contributed by atoms with Crippen LogP contribution in [0.2, 0.25) is 0 Å². The average Bonchev–Trinajstić information content (AvgIpc) is 3.08. The highest BCUT2D eigenvalue weighted by Gasteiger charge is 2.17. The van der Waals surface area contributed by atoms with Crippen molar-refractivity contribution in [1.29, 1.82) is 0 Å². The van der Waals surface area contributed by atoms with Gasteiger partial charge < -0.3 is 5.32 Å². The fourth-order valence-electron chi connectivity index (χ4n) is 3.10. The summed E-state index contributed by atoms with van der Waals surface area (Å²) in [4.78, 5) is 12.7. The van der Waals surface area contributed by atoms with Crippen LogP contribution in [0.15, 0.2) is 48.5 Å². The van der Waals surface area contributed by atoms with Gasteiger partial charge in [-0.25, -0.2) is 9.48 Å². The minimum atomic E-state index is -0.362. The van der Waals surface area contributed by atoms with E-state index in [1.165, 1.54) is 0 Å². The fourth-order valence-corrected chi connectivity index (χ4v) is 3.10. The maximum Gasteiger partial charge on any atom is 0.326 e. The van der Waals surface area contributed by atoms with Crippen LogP contribution in [0.4, 0.5) is 16.4 Å². The molecule has 0 saturated heterocycles. The van der Waals surface area contributed by atoms with Crippen molar-refractivity contribution in [2.24, 2.45) is 0 Å². The molecule has 3 rings (SSSR count). The third-order valence-electron chi connectivity index (χ3n) is 4.54. The van der Waals surface area contributed by atoms with Crippen molar-refractivity contribution in [1.82, 2.24) is 20.2 Å². The summed E-state index contributed by atoms with van der Waals surface area (Å²) < 4.78 is 1.56. The summed E-state index contributed by atoms with van der Waals surface area (Å²) in [5, 5.41) is 17.4. The number of aromatic nitrogens is 4. The van der Waals surface area contributed by atoms with Crippen LogP contribution in [-0.4, -0.2) is 26.2 Å². The summed E-state index contributed by atoms with van der Waals surface area (Å²) in [6.07, 6.45) is 0. The van der Waals surface area contributed by atoms with Crippen molar-refractivity contribution in [3.8, 4) is 0 Å². The Balaban J connectivity index is 1.78. The molecule has 0 radical (unpaired) electrons. The SMILES string of the molecule is CC(C)c1cccc(C(C)C)c1NC(=O)Nc1nnnn1Cc1ccccc1. The van der Waals surface area contributed by atoms with Crippen molar-refractivity contribution < 1.29 is 4.79 Å². The van der Waals surface area contributed by atoms with Crippen molar-refractivity contribution in [3.63, 3.8) is 0 Å². The molecule has 0 bridgehead atoms. The molecule has 2 amide bonds. The Labute approximate surface area is 165 Å². The van der Waals surface area contributed by atoms with Gasteiger partial charge in [-0.2, -0.15) is 0 Å². The Kier molecular flexibility index (Phi) is 6.03. The van der Waals surface area contributed by atoms with Gasteiger partial charge in [0.1, 0.15) is 0 Å². The highest BCUT2D eigenvalue weighted by atomic mass is 16.2. The number of hydrogen-bond acceptors (Lipinski definition) is 4. The van der Waals surface area contributed by atoms with Gasteiger partial charge in [0.05, 0.1) is 6.54 Å². The molecule has 1 heterocycles. The summed E-state index contributed by atoms with van der Waals surface area (Å²) in [6.45, 7) is 8.93. The Hall–Kier alpha value is -3.22. The molecule has 7 nitrogen and oxygen atoms in total. The number of carbonyl (C=O) groups is 1. The molecule has 0 unspecified atom stereocenters. The number of nitrogens with zero attached hydrogens (tertiary/aromatic N) is 4. The van der Waals surface area contributed by atoms with E-state index in [1.54, 1.807) is 4.68 Å². The zero-order valence-corrected chi connectivity index (χ0v) is 16.7. The van der Waals surface area contributed by atoms with Gasteiger partial charge in [-0.05, 0) is 39.0 Å². The molecule has 0 saturated carbocycles. The highest BCUT2D eigenvalue weighted by molar-refractivity contribution is 5.99. The molecular formula is C21H26N6O. The lowest BCUT2D eigenvalue weighted by molar-refractivity contribution is 0.262. The molecule has 1 aromatic heterocycles. The predicted octanol–water partition coefficient (Wildman–Crippen LogP) is 4.61. The summed E-state index contributed by atoms with van der Waals surface area (Å²) in [5.74, 6) is 0.879. The van der Waals surface area contributed by atoms with E-state index in [4.69, 9.17) is 0 Å². The van der Waals surface area contributed by atoms with Crippen LogP contribution in [0.5, 0.6) is 0 Å². The summed E-state index contributed by atoms with van der Waals surface area (Å²) >= 11 is 0. The quantitative estimate of drug-likeness (QED) is 0.656. The molecule has 0 aliphatic rings. The van der Waals surface area contributed by atoms with E-state index >= 15 is 0 Å². The van der Waals surface area contributed by atoms with Gasteiger partial charge in [0, 0.05) is 5.69 Å². The largest absolute Gasteiger partial charge is 0.326 e. The van der Waals surface area contributed by atoms with E-state index in [1.807, 2.05) is 48.5 Å². The number of benzene rings is 2. The second-order valence-electron chi connectivity index (χ2n) is 7.35. The summed E-state index contributed by atoms with van der Waals surface area (Å²) in [5.41, 5.74) is 4.10. The van der Waals surface area contributed by atoms with Crippen LogP contribution in [0.3, 0.4) is 0 Å². The molecule has 146 valence electrons. The number of hydrogen-bond donors (Lipinski definition) is 2. The van der Waals surface area contributed by atoms with Gasteiger partial charge in [0.25, 0.3) is 5.95 Å². The predicted molar refractivity (Wildman–Crippen MR) is 111 cm³/mol. The maximum atomic E-state index is 12.7. The molecule has 2 N–H and O–H groups in total. The van der Waals surface area contributed by atoms with Gasteiger partial charge in [0.15, 0.2) is 0 Å². The number of anilines is 2. The normalized spacial score (nSPS) is 11.1. The standard InChI is InChI=1S/C21H26N6O/c1-14(2)17-11-8-12-18(15(3)4)19(17)22-21(28)23-20-24-25-26-27(20)13-16-9-6-5-7-10-16/h5-12,14-15H,13H2,1-4H3,(H2,22,23,24,26,28). The third-order valence-corrected chi connectivity index (χ3v) is 4.54. The number of tetrazole rings is 1. The number of carbonyl (C=O) groups excluding carboxylic acids is 1. The zero-order chi connectivity index (χ0) is 20.1. The lowest BCUT2D eigenvalue weighted by atomic mass is 9.93. The molecule has 0 spiro atoms. The number of urea groups is 1. The number of amides is 2. The Morgan fingerprint density at radius 2 is 1.57 bits per heavy atom. The van der Waals surface area contributed by atoms with Gasteiger partial charge in [-0.1, -0.05) is 81.3 Å². The highest BCUT2D eigenvalue weighted by Crippen LogP contribution is 2.32. The van der Waals surface area contributed by atoms with E-state index < -0.39 is 0 Å². The smallest absolute Gasteiger partial charge is 0.307 e. The first kappa shape index (κ1) is 19.5. The first-order valence-electron chi connectivity index (χ1n) is 9.46. The van der Waals surface area contributed by atoms with Gasteiger partial charge in [-0.15, -0.1) is 0 Å². The molecular weight excluding hydrogens is 352 g/mol. The second-order valence-corrected chi connectivity index (χ2v) is 7.35. The molecule has 28 heavy (non-hydrogen) atoms. The van der Waals surface area contributed by atoms with Crippen LogP contribution in [0, 0.1) is 0 Å². The fraction of sp³-hybridized carbons (Fsp3) is 0.333. The lowest BCUT2D eigenvalue weighted by Crippen LogP contribution is -2.24. The van der Waals surface area contributed by atoms with Crippen molar-refractivity contribution >= 4 is 17.7 Å². The van der Waals surface area contributed by atoms with Crippen molar-refractivity contribution in [2.45, 2.75) is 46.1 Å². The van der Waals surface area contributed by atoms with E-state index in [0.29, 0.717) is 12.5 Å². The van der Waals surface area contributed by atoms with Crippen molar-refractivity contribution in [3.05, 3.63) is 65.2 Å². The topological polar surface area (TPSA) is 84.7 Å². The zero-order valence-electron chi connectivity index (χ0n) is 16.7. The first-order chi connectivity index (χ1) is 13.5. The number of rotatable bonds is 6. The monoisotopic (exact) mass is 378 g/mol. The minimum absolute atomic E-state index is 0.289. The van der Waals surface area contributed by atoms with Crippen LogP contribution in [0.25, 0.3) is 0 Å². The minimum Gasteiger partial charge on any atom is -0.307 e. The van der Waals surface area contributed by atoms with Gasteiger partial charge in [0.2, 0.25) is 0 Å². The summed E-state index contributed by atoms with van der Waals surface area (Å²) in [7, 11) is 0. The molecule has 0 atom stereocenters. The molecule has 3 aromatic rings. The molecule has 0 aliphatic heterocycles. The first-order valence-corrected chi connectivity index (χ1v) is 9.46. The van der Waals surface area contributed by atoms with E-state index in [2.05, 4.69) is 53.9 Å². The van der Waals surface area contributed by atoms with E-state index in [0.717, 1.165) is 22.4 Å². The van der Waals surface area contributed by atoms with Crippen LogP contribution >= 0.6 is 0 Å². The molecule has 2 aromatic carbocycles. The number of para-hydroxylation sites is 1. The average molecular weight is 378 g/mol. The third kappa shape index (κ3) is 4.54. The molecule has 0 aliphatic carbocycles. The van der Waals surface area contributed by atoms with Gasteiger partial charge >= 0.3 is 6.03 Å². The molecule has 0 fully saturated rings. The maximum absolute atomic E-state index is 12.7. The van der Waals surface area contributed by atoms with Crippen LogP contribution in [-0.2, 0) is 6.54 Å². The number of nitrogens with one attached hydrogen (secondary N) is 2. The lowest BCUT2D eigenvalue weighted by Gasteiger charge is -2.20. The Morgan fingerprint density at radius 3 is 2.18 bits per heavy atom. The van der Waals surface area contributed by atoms with Crippen LogP contribution < -0.4 is 10.6 Å². The van der Waals surface area contributed by atoms with E-state index in [-0.39, 0.29) is 17.9 Å².